The molecule has 0 aromatic carbocycles. The summed E-state index contributed by atoms with van der Waals surface area (Å²) in [6.07, 6.45) is 7.99. The van der Waals surface area contributed by atoms with Crippen LogP contribution in [0, 0.1) is 0 Å². The van der Waals surface area contributed by atoms with Crippen LogP contribution in [0.5, 0.6) is 0 Å². The fraction of sp³-hybridized carbons (Fsp3) is 0.556. The van der Waals surface area contributed by atoms with E-state index in [9.17, 15) is 0 Å². The van der Waals surface area contributed by atoms with Gasteiger partial charge in [0.2, 0.25) is 0 Å². The van der Waals surface area contributed by atoms with Crippen LogP contribution in [0.3, 0.4) is 0 Å². The van der Waals surface area contributed by atoms with E-state index < -0.39 is 0 Å². The molecule has 0 aliphatic carbocycles. The standard InChI is InChI=1S/C18H27N5/c1-18(2,3)23-9-6-16(7-10-23)20-12-15-13-21-22-17(15)14-5-4-8-19-11-14/h4-5,8,11,13,16,20H,6-7,9-10,12H2,1-3H3,(H,21,22). The summed E-state index contributed by atoms with van der Waals surface area (Å²) >= 11 is 0. The zero-order valence-electron chi connectivity index (χ0n) is 14.3. The lowest BCUT2D eigenvalue weighted by atomic mass is 9.98. The third-order valence-electron chi connectivity index (χ3n) is 4.69. The first-order valence-electron chi connectivity index (χ1n) is 8.45. The largest absolute Gasteiger partial charge is 0.310 e. The van der Waals surface area contributed by atoms with Gasteiger partial charge in [-0.3, -0.25) is 15.0 Å². The zero-order valence-corrected chi connectivity index (χ0v) is 14.3. The average Bonchev–Trinajstić information content (AvgIpc) is 3.02. The van der Waals surface area contributed by atoms with Crippen molar-refractivity contribution in [3.63, 3.8) is 0 Å². The molecule has 2 aromatic heterocycles. The Kier molecular flexibility index (Phi) is 4.78. The van der Waals surface area contributed by atoms with Crippen molar-refractivity contribution in [1.82, 2.24) is 25.4 Å². The molecule has 1 aliphatic heterocycles. The third-order valence-corrected chi connectivity index (χ3v) is 4.69. The molecule has 2 N–H and O–H groups in total. The minimum absolute atomic E-state index is 0.281. The molecule has 5 heteroatoms. The molecule has 0 radical (unpaired) electrons. The SMILES string of the molecule is CC(C)(C)N1CCC(NCc2cn[nH]c2-c2cccnc2)CC1. The van der Waals surface area contributed by atoms with Crippen LogP contribution in [0.4, 0.5) is 0 Å². The molecule has 23 heavy (non-hydrogen) atoms. The highest BCUT2D eigenvalue weighted by atomic mass is 15.2. The van der Waals surface area contributed by atoms with Crippen molar-refractivity contribution in [2.24, 2.45) is 0 Å². The van der Waals surface area contributed by atoms with Crippen LogP contribution in [0.25, 0.3) is 11.3 Å². The van der Waals surface area contributed by atoms with E-state index in [1.54, 1.807) is 6.20 Å². The number of rotatable bonds is 4. The van der Waals surface area contributed by atoms with E-state index >= 15 is 0 Å². The van der Waals surface area contributed by atoms with Crippen LogP contribution >= 0.6 is 0 Å². The van der Waals surface area contributed by atoms with Crippen LogP contribution in [0.15, 0.2) is 30.7 Å². The smallest absolute Gasteiger partial charge is 0.0710 e. The van der Waals surface area contributed by atoms with Crippen LogP contribution in [0.1, 0.15) is 39.2 Å². The van der Waals surface area contributed by atoms with Gasteiger partial charge in [0.15, 0.2) is 0 Å². The van der Waals surface area contributed by atoms with Gasteiger partial charge in [-0.25, -0.2) is 0 Å². The number of nitrogens with one attached hydrogen (secondary N) is 2. The summed E-state index contributed by atoms with van der Waals surface area (Å²) in [5.74, 6) is 0. The van der Waals surface area contributed by atoms with Gasteiger partial charge >= 0.3 is 0 Å². The van der Waals surface area contributed by atoms with E-state index in [2.05, 4.69) is 52.2 Å². The van der Waals surface area contributed by atoms with Gasteiger partial charge in [0.25, 0.3) is 0 Å². The van der Waals surface area contributed by atoms with Gasteiger partial charge in [-0.05, 0) is 45.7 Å². The molecule has 0 atom stereocenters. The Morgan fingerprint density at radius 2 is 2.04 bits per heavy atom. The van der Waals surface area contributed by atoms with Crippen LogP contribution < -0.4 is 5.32 Å². The van der Waals surface area contributed by atoms with E-state index in [1.807, 2.05) is 18.5 Å². The maximum absolute atomic E-state index is 4.21. The summed E-state index contributed by atoms with van der Waals surface area (Å²) in [5.41, 5.74) is 3.64. The molecule has 3 rings (SSSR count). The van der Waals surface area contributed by atoms with Gasteiger partial charge in [-0.2, -0.15) is 5.10 Å². The second-order valence-corrected chi connectivity index (χ2v) is 7.32. The Bertz CT molecular complexity index is 606. The Morgan fingerprint density at radius 3 is 2.70 bits per heavy atom. The van der Waals surface area contributed by atoms with Crippen molar-refractivity contribution in [2.45, 2.75) is 51.7 Å². The summed E-state index contributed by atoms with van der Waals surface area (Å²) in [6, 6.07) is 4.60. The fourth-order valence-corrected chi connectivity index (χ4v) is 3.21. The molecule has 0 unspecified atom stereocenters. The number of pyridine rings is 1. The highest BCUT2D eigenvalue weighted by Crippen LogP contribution is 2.22. The van der Waals surface area contributed by atoms with Gasteiger partial charge in [-0.1, -0.05) is 0 Å². The molecule has 124 valence electrons. The predicted molar refractivity (Wildman–Crippen MR) is 93.0 cm³/mol. The molecular formula is C18H27N5. The van der Waals surface area contributed by atoms with Crippen LogP contribution in [0.2, 0.25) is 0 Å². The number of H-pyrrole nitrogens is 1. The molecule has 3 heterocycles. The summed E-state index contributed by atoms with van der Waals surface area (Å²) in [6.45, 7) is 10.1. The Labute approximate surface area is 138 Å². The maximum Gasteiger partial charge on any atom is 0.0710 e. The molecule has 0 saturated carbocycles. The molecule has 0 spiro atoms. The number of piperidine rings is 1. The fourth-order valence-electron chi connectivity index (χ4n) is 3.21. The lowest BCUT2D eigenvalue weighted by molar-refractivity contribution is 0.0960. The molecular weight excluding hydrogens is 286 g/mol. The first-order valence-corrected chi connectivity index (χ1v) is 8.45. The van der Waals surface area contributed by atoms with Crippen molar-refractivity contribution >= 4 is 0 Å². The van der Waals surface area contributed by atoms with E-state index in [0.29, 0.717) is 6.04 Å². The number of nitrogens with zero attached hydrogens (tertiary/aromatic N) is 3. The topological polar surface area (TPSA) is 56.8 Å². The number of likely N-dealkylation sites (tertiary alicyclic amines) is 1. The third kappa shape index (κ3) is 3.98. The first-order chi connectivity index (χ1) is 11.0. The highest BCUT2D eigenvalue weighted by Gasteiger charge is 2.26. The summed E-state index contributed by atoms with van der Waals surface area (Å²) in [5, 5.41) is 11.0. The summed E-state index contributed by atoms with van der Waals surface area (Å²) in [7, 11) is 0. The monoisotopic (exact) mass is 313 g/mol. The Balaban J connectivity index is 1.56. The van der Waals surface area contributed by atoms with Crippen molar-refractivity contribution < 1.29 is 0 Å². The minimum Gasteiger partial charge on any atom is -0.310 e. The summed E-state index contributed by atoms with van der Waals surface area (Å²) in [4.78, 5) is 6.76. The van der Waals surface area contributed by atoms with E-state index in [0.717, 1.165) is 17.8 Å². The molecule has 2 aromatic rings. The maximum atomic E-state index is 4.21. The second-order valence-electron chi connectivity index (χ2n) is 7.32. The highest BCUT2D eigenvalue weighted by molar-refractivity contribution is 5.61. The summed E-state index contributed by atoms with van der Waals surface area (Å²) < 4.78 is 0. The van der Waals surface area contributed by atoms with Crippen molar-refractivity contribution in [3.8, 4) is 11.3 Å². The second kappa shape index (κ2) is 6.81. The van der Waals surface area contributed by atoms with Gasteiger partial charge in [0.05, 0.1) is 11.9 Å². The van der Waals surface area contributed by atoms with E-state index in [1.165, 1.54) is 31.5 Å². The molecule has 0 amide bonds. The lowest BCUT2D eigenvalue weighted by Gasteiger charge is -2.41. The predicted octanol–water partition coefficient (Wildman–Crippen LogP) is 2.82. The Hall–Kier alpha value is -1.72. The van der Waals surface area contributed by atoms with Gasteiger partial charge in [0, 0.05) is 54.7 Å². The number of hydrogen-bond acceptors (Lipinski definition) is 4. The molecule has 1 fully saturated rings. The van der Waals surface area contributed by atoms with Crippen molar-refractivity contribution in [2.75, 3.05) is 13.1 Å². The van der Waals surface area contributed by atoms with Gasteiger partial charge in [0.1, 0.15) is 0 Å². The van der Waals surface area contributed by atoms with Crippen molar-refractivity contribution in [1.29, 1.82) is 0 Å². The lowest BCUT2D eigenvalue weighted by Crippen LogP contribution is -2.49. The molecule has 1 saturated heterocycles. The van der Waals surface area contributed by atoms with Crippen LogP contribution in [-0.4, -0.2) is 44.8 Å². The van der Waals surface area contributed by atoms with E-state index in [4.69, 9.17) is 0 Å². The van der Waals surface area contributed by atoms with Crippen molar-refractivity contribution in [3.05, 3.63) is 36.3 Å². The first kappa shape index (κ1) is 16.1. The zero-order chi connectivity index (χ0) is 16.3. The van der Waals surface area contributed by atoms with Crippen LogP contribution in [-0.2, 0) is 6.54 Å². The van der Waals surface area contributed by atoms with Gasteiger partial charge in [-0.15, -0.1) is 0 Å². The molecule has 5 nitrogen and oxygen atoms in total. The van der Waals surface area contributed by atoms with E-state index in [-0.39, 0.29) is 5.54 Å². The quantitative estimate of drug-likeness (QED) is 0.911. The molecule has 1 aliphatic rings. The number of aromatic amines is 1. The number of aromatic nitrogens is 3. The number of hydrogen-bond donors (Lipinski definition) is 2. The van der Waals surface area contributed by atoms with Gasteiger partial charge < -0.3 is 5.32 Å². The average molecular weight is 313 g/mol. The minimum atomic E-state index is 0.281. The molecule has 0 bridgehead atoms. The Morgan fingerprint density at radius 1 is 1.26 bits per heavy atom. The normalized spacial score (nSPS) is 17.5.